The number of hydrogen-bond acceptors (Lipinski definition) is 2. The molecule has 3 aromatic carbocycles. The third-order valence-electron chi connectivity index (χ3n) is 4.56. The average molecular weight is 379 g/mol. The van der Waals surface area contributed by atoms with Gasteiger partial charge < -0.3 is 5.32 Å². The van der Waals surface area contributed by atoms with Crippen LogP contribution in [0.5, 0.6) is 0 Å². The van der Waals surface area contributed by atoms with E-state index in [0.717, 1.165) is 32.1 Å². The summed E-state index contributed by atoms with van der Waals surface area (Å²) in [7, 11) is 0. The molecule has 0 aliphatic carbocycles. The number of carbonyl (C=O) groups is 1. The van der Waals surface area contributed by atoms with Crippen molar-refractivity contribution in [1.82, 2.24) is 0 Å². The van der Waals surface area contributed by atoms with Crippen molar-refractivity contribution < 1.29 is 4.79 Å². The lowest BCUT2D eigenvalue weighted by atomic mass is 9.95. The molecule has 1 heterocycles. The molecule has 1 unspecified atom stereocenters. The molecule has 1 N–H and O–H groups in total. The third-order valence-corrected chi connectivity index (χ3v) is 5.78. The van der Waals surface area contributed by atoms with Crippen molar-refractivity contribution in [2.45, 2.75) is 12.3 Å². The van der Waals surface area contributed by atoms with Gasteiger partial charge in [0.25, 0.3) is 0 Å². The van der Waals surface area contributed by atoms with Gasteiger partial charge in [-0.1, -0.05) is 48.9 Å². The lowest BCUT2D eigenvalue weighted by Gasteiger charge is -2.15. The van der Waals surface area contributed by atoms with Crippen molar-refractivity contribution in [3.8, 4) is 0 Å². The first-order valence-electron chi connectivity index (χ1n) is 8.41. The van der Waals surface area contributed by atoms with Crippen molar-refractivity contribution in [3.05, 3.63) is 83.6 Å². The maximum Gasteiger partial charge on any atom is 0.231 e. The van der Waals surface area contributed by atoms with Crippen LogP contribution in [0.3, 0.4) is 0 Å². The Hall–Kier alpha value is -2.36. The molecule has 0 spiro atoms. The third kappa shape index (κ3) is 3.20. The number of benzene rings is 3. The van der Waals surface area contributed by atoms with E-state index >= 15 is 0 Å². The molecule has 1 atom stereocenters. The zero-order valence-corrected chi connectivity index (χ0v) is 15.6. The van der Waals surface area contributed by atoms with Crippen molar-refractivity contribution in [1.29, 1.82) is 0 Å². The Morgan fingerprint density at radius 3 is 2.69 bits per heavy atom. The minimum Gasteiger partial charge on any atom is -0.326 e. The van der Waals surface area contributed by atoms with E-state index < -0.39 is 0 Å². The van der Waals surface area contributed by atoms with Gasteiger partial charge in [-0.25, -0.2) is 0 Å². The van der Waals surface area contributed by atoms with Crippen LogP contribution in [-0.2, 0) is 4.79 Å². The predicted molar refractivity (Wildman–Crippen MR) is 112 cm³/mol. The summed E-state index contributed by atoms with van der Waals surface area (Å²) in [5.41, 5.74) is 1.78. The van der Waals surface area contributed by atoms with Crippen LogP contribution in [0.4, 0.5) is 5.69 Å². The Bertz CT molecular complexity index is 1100. The van der Waals surface area contributed by atoms with E-state index in [9.17, 15) is 4.79 Å². The number of amides is 1. The quantitative estimate of drug-likeness (QED) is 0.423. The van der Waals surface area contributed by atoms with E-state index in [0.29, 0.717) is 11.4 Å². The monoisotopic (exact) mass is 378 g/mol. The fraction of sp³-hybridized carbons (Fsp3) is 0.0909. The summed E-state index contributed by atoms with van der Waals surface area (Å²) in [4.78, 5) is 12.9. The summed E-state index contributed by atoms with van der Waals surface area (Å²) in [5.74, 6) is -0.358. The van der Waals surface area contributed by atoms with Gasteiger partial charge >= 0.3 is 0 Å². The maximum atomic E-state index is 12.9. The van der Waals surface area contributed by atoms with Gasteiger partial charge in [-0.15, -0.1) is 11.3 Å². The summed E-state index contributed by atoms with van der Waals surface area (Å²) in [5, 5.41) is 9.04. The molecule has 0 saturated carbocycles. The minimum absolute atomic E-state index is 0.0463. The molecule has 1 radical (unpaired) electrons. The van der Waals surface area contributed by atoms with Crippen molar-refractivity contribution in [3.63, 3.8) is 0 Å². The molecule has 2 nitrogen and oxygen atoms in total. The number of fused-ring (bicyclic) bond motifs is 2. The van der Waals surface area contributed by atoms with Gasteiger partial charge in [0.2, 0.25) is 5.91 Å². The molecule has 129 valence electrons. The van der Waals surface area contributed by atoms with Gasteiger partial charge in [0.05, 0.1) is 5.92 Å². The second-order valence-corrected chi connectivity index (χ2v) is 7.57. The van der Waals surface area contributed by atoms with Crippen molar-refractivity contribution >= 4 is 55.4 Å². The number of carbonyl (C=O) groups excluding carboxylic acids is 1. The van der Waals surface area contributed by atoms with Crippen LogP contribution in [-0.4, -0.2) is 5.91 Å². The standard InChI is InChI=1S/C22H17ClNOS/c1-2-18(20-13-26-21-10-8-16(23)12-19(20)21)22(25)24-17-9-7-14-5-3-4-6-15(14)11-17/h3-13,18H,1-2H2,(H,24,25). The highest BCUT2D eigenvalue weighted by atomic mass is 35.5. The van der Waals surface area contributed by atoms with Crippen LogP contribution in [0.1, 0.15) is 17.9 Å². The zero-order chi connectivity index (χ0) is 18.1. The molecule has 1 aromatic heterocycles. The Morgan fingerprint density at radius 1 is 1.08 bits per heavy atom. The van der Waals surface area contributed by atoms with E-state index in [-0.39, 0.29) is 11.8 Å². The predicted octanol–water partition coefficient (Wildman–Crippen LogP) is 6.65. The lowest BCUT2D eigenvalue weighted by Crippen LogP contribution is -2.20. The van der Waals surface area contributed by atoms with E-state index in [1.54, 1.807) is 11.3 Å². The fourth-order valence-electron chi connectivity index (χ4n) is 3.22. The Morgan fingerprint density at radius 2 is 1.88 bits per heavy atom. The van der Waals surface area contributed by atoms with Gasteiger partial charge in [-0.2, -0.15) is 0 Å². The SMILES string of the molecule is [CH2]CC(C(=O)Nc1ccc2ccccc2c1)c1csc2ccc(Cl)cc12. The fourth-order valence-corrected chi connectivity index (χ4v) is 4.38. The summed E-state index contributed by atoms with van der Waals surface area (Å²) in [6.45, 7) is 3.99. The van der Waals surface area contributed by atoms with Crippen LogP contribution in [0.2, 0.25) is 5.02 Å². The Balaban J connectivity index is 1.64. The Labute approximate surface area is 161 Å². The van der Waals surface area contributed by atoms with E-state index in [1.165, 1.54) is 0 Å². The molecule has 0 saturated heterocycles. The Kier molecular flexibility index (Phi) is 4.66. The molecule has 0 aliphatic rings. The second kappa shape index (κ2) is 7.10. The van der Waals surface area contributed by atoms with Crippen LogP contribution in [0.15, 0.2) is 66.0 Å². The summed E-state index contributed by atoms with van der Waals surface area (Å²) < 4.78 is 1.13. The second-order valence-electron chi connectivity index (χ2n) is 6.22. The molecule has 0 aliphatic heterocycles. The number of nitrogens with one attached hydrogen (secondary N) is 1. The first-order chi connectivity index (χ1) is 12.7. The molecule has 0 fully saturated rings. The van der Waals surface area contributed by atoms with Gasteiger partial charge in [0, 0.05) is 15.4 Å². The van der Waals surface area contributed by atoms with Gasteiger partial charge in [-0.3, -0.25) is 4.79 Å². The first kappa shape index (κ1) is 17.1. The largest absolute Gasteiger partial charge is 0.326 e. The van der Waals surface area contributed by atoms with E-state index in [4.69, 9.17) is 11.6 Å². The smallest absolute Gasteiger partial charge is 0.231 e. The molecule has 1 amide bonds. The molecule has 4 rings (SSSR count). The normalized spacial score (nSPS) is 12.4. The molecule has 4 aromatic rings. The summed E-state index contributed by atoms with van der Waals surface area (Å²) in [6.07, 6.45) is 0.484. The summed E-state index contributed by atoms with van der Waals surface area (Å²) >= 11 is 7.77. The van der Waals surface area contributed by atoms with Crippen LogP contribution < -0.4 is 5.32 Å². The lowest BCUT2D eigenvalue weighted by molar-refractivity contribution is -0.117. The van der Waals surface area contributed by atoms with Crippen LogP contribution in [0.25, 0.3) is 20.9 Å². The van der Waals surface area contributed by atoms with Gasteiger partial charge in [0.15, 0.2) is 0 Å². The van der Waals surface area contributed by atoms with E-state index in [2.05, 4.69) is 18.3 Å². The van der Waals surface area contributed by atoms with Crippen molar-refractivity contribution in [2.75, 3.05) is 5.32 Å². The number of halogens is 1. The molecule has 0 bridgehead atoms. The number of thiophene rings is 1. The minimum atomic E-state index is -0.311. The highest BCUT2D eigenvalue weighted by Gasteiger charge is 2.22. The first-order valence-corrected chi connectivity index (χ1v) is 9.67. The topological polar surface area (TPSA) is 29.1 Å². The number of hydrogen-bond donors (Lipinski definition) is 1. The van der Waals surface area contributed by atoms with Crippen molar-refractivity contribution in [2.24, 2.45) is 0 Å². The highest BCUT2D eigenvalue weighted by Crippen LogP contribution is 2.35. The van der Waals surface area contributed by atoms with E-state index in [1.807, 2.05) is 60.0 Å². The molecular weight excluding hydrogens is 362 g/mol. The number of rotatable bonds is 4. The molecule has 26 heavy (non-hydrogen) atoms. The van der Waals surface area contributed by atoms with Gasteiger partial charge in [0.1, 0.15) is 0 Å². The number of anilines is 1. The average Bonchev–Trinajstić information content (AvgIpc) is 3.05. The zero-order valence-electron chi connectivity index (χ0n) is 14.0. The summed E-state index contributed by atoms with van der Waals surface area (Å²) in [6, 6.07) is 19.8. The molecule has 4 heteroatoms. The van der Waals surface area contributed by atoms with Crippen LogP contribution >= 0.6 is 22.9 Å². The maximum absolute atomic E-state index is 12.9. The molecular formula is C22H17ClNOS. The highest BCUT2D eigenvalue weighted by molar-refractivity contribution is 7.17. The van der Waals surface area contributed by atoms with Gasteiger partial charge in [-0.05, 0) is 63.9 Å². The van der Waals surface area contributed by atoms with Crippen LogP contribution in [0, 0.1) is 6.92 Å².